The highest BCUT2D eigenvalue weighted by molar-refractivity contribution is 7.92. The number of ether oxygens (including phenoxy) is 1. The molecule has 6 nitrogen and oxygen atoms in total. The quantitative estimate of drug-likeness (QED) is 0.281. The van der Waals surface area contributed by atoms with Crippen molar-refractivity contribution >= 4 is 21.4 Å². The molecule has 0 saturated carbocycles. The number of rotatable bonds is 10. The van der Waals surface area contributed by atoms with E-state index in [1.54, 1.807) is 31.6 Å². The molecule has 0 atom stereocenters. The number of furan rings is 1. The third kappa shape index (κ3) is 6.63. The average molecular weight is 513 g/mol. The van der Waals surface area contributed by atoms with Gasteiger partial charge in [0, 0.05) is 36.0 Å². The number of benzene rings is 3. The van der Waals surface area contributed by atoms with Gasteiger partial charge in [-0.05, 0) is 54.4 Å². The van der Waals surface area contributed by atoms with Crippen LogP contribution < -0.4 is 14.4 Å². The highest BCUT2D eigenvalue weighted by Gasteiger charge is 2.17. The molecule has 36 heavy (non-hydrogen) atoms. The molecule has 4 aromatic rings. The zero-order valence-electron chi connectivity index (χ0n) is 19.9. The van der Waals surface area contributed by atoms with Crippen molar-refractivity contribution in [2.24, 2.45) is 0 Å². The van der Waals surface area contributed by atoms with E-state index in [1.165, 1.54) is 12.1 Å². The molecule has 0 spiro atoms. The second kappa shape index (κ2) is 10.8. The van der Waals surface area contributed by atoms with E-state index in [-0.39, 0.29) is 6.54 Å². The Morgan fingerprint density at radius 1 is 0.972 bits per heavy atom. The molecular formula is C27H26F2N2O4S. The largest absolute Gasteiger partial charge is 0.489 e. The molecule has 1 N–H and O–H groups in total. The van der Waals surface area contributed by atoms with Crippen LogP contribution in [-0.2, 0) is 29.7 Å². The van der Waals surface area contributed by atoms with Gasteiger partial charge in [-0.2, -0.15) is 0 Å². The molecule has 4 rings (SSSR count). The summed E-state index contributed by atoms with van der Waals surface area (Å²) in [6.45, 7) is 2.71. The normalized spacial score (nSPS) is 11.3. The molecule has 0 unspecified atom stereocenters. The number of halogens is 2. The molecule has 0 bridgehead atoms. The lowest BCUT2D eigenvalue weighted by atomic mass is 10.1. The van der Waals surface area contributed by atoms with Crippen LogP contribution in [0.25, 0.3) is 0 Å². The average Bonchev–Trinajstić information content (AvgIpc) is 3.34. The van der Waals surface area contributed by atoms with Gasteiger partial charge >= 0.3 is 0 Å². The Balaban J connectivity index is 1.60. The van der Waals surface area contributed by atoms with E-state index in [0.29, 0.717) is 41.4 Å². The monoisotopic (exact) mass is 512 g/mol. The number of nitrogens with one attached hydrogen (secondary N) is 1. The highest BCUT2D eigenvalue weighted by atomic mass is 32.2. The predicted octanol–water partition coefficient (Wildman–Crippen LogP) is 6.02. The standard InChI is InChI=1S/C27H26F2N2O4S/c1-19-26(30-36(2,32)33)4-3-5-27(19)31(16-22-8-9-23(28)14-25(22)29)15-20-6-10-24(11-7-20)35-18-21-12-13-34-17-21/h3-14,17,30H,15-16,18H2,1-2H3. The number of anilines is 2. The Kier molecular flexibility index (Phi) is 7.59. The molecule has 0 aliphatic heterocycles. The van der Waals surface area contributed by atoms with Crippen molar-refractivity contribution < 1.29 is 26.4 Å². The van der Waals surface area contributed by atoms with Gasteiger partial charge in [-0.25, -0.2) is 17.2 Å². The lowest BCUT2D eigenvalue weighted by Crippen LogP contribution is -2.24. The van der Waals surface area contributed by atoms with Gasteiger partial charge in [-0.15, -0.1) is 0 Å². The number of hydrogen-bond donors (Lipinski definition) is 1. The summed E-state index contributed by atoms with van der Waals surface area (Å²) in [4.78, 5) is 1.92. The van der Waals surface area contributed by atoms with E-state index in [2.05, 4.69) is 4.72 Å². The number of nitrogens with zero attached hydrogens (tertiary/aromatic N) is 1. The maximum atomic E-state index is 14.5. The maximum Gasteiger partial charge on any atom is 0.229 e. The van der Waals surface area contributed by atoms with Crippen molar-refractivity contribution in [3.8, 4) is 5.75 Å². The van der Waals surface area contributed by atoms with Crippen LogP contribution in [0, 0.1) is 18.6 Å². The van der Waals surface area contributed by atoms with Crippen LogP contribution in [0.4, 0.5) is 20.2 Å². The zero-order chi connectivity index (χ0) is 25.7. The van der Waals surface area contributed by atoms with E-state index in [9.17, 15) is 17.2 Å². The van der Waals surface area contributed by atoms with Gasteiger partial charge in [0.15, 0.2) is 0 Å². The van der Waals surface area contributed by atoms with Crippen molar-refractivity contribution in [2.75, 3.05) is 15.9 Å². The van der Waals surface area contributed by atoms with Crippen molar-refractivity contribution in [1.82, 2.24) is 0 Å². The number of sulfonamides is 1. The SMILES string of the molecule is Cc1c(NS(C)(=O)=O)cccc1N(Cc1ccc(OCc2ccoc2)cc1)Cc1ccc(F)cc1F. The van der Waals surface area contributed by atoms with Crippen LogP contribution >= 0.6 is 0 Å². The maximum absolute atomic E-state index is 14.5. The lowest BCUT2D eigenvalue weighted by Gasteiger charge is -2.28. The van der Waals surface area contributed by atoms with Crippen LogP contribution in [0.2, 0.25) is 0 Å². The van der Waals surface area contributed by atoms with Gasteiger partial charge in [0.05, 0.1) is 24.5 Å². The van der Waals surface area contributed by atoms with E-state index in [0.717, 1.165) is 23.4 Å². The first kappa shape index (κ1) is 25.2. The Morgan fingerprint density at radius 2 is 1.75 bits per heavy atom. The first-order valence-electron chi connectivity index (χ1n) is 11.2. The van der Waals surface area contributed by atoms with Crippen molar-refractivity contribution in [2.45, 2.75) is 26.6 Å². The van der Waals surface area contributed by atoms with Crippen LogP contribution in [0.3, 0.4) is 0 Å². The topological polar surface area (TPSA) is 71.8 Å². The van der Waals surface area contributed by atoms with Crippen LogP contribution in [0.5, 0.6) is 5.75 Å². The molecule has 3 aromatic carbocycles. The highest BCUT2D eigenvalue weighted by Crippen LogP contribution is 2.30. The Hall–Kier alpha value is -3.85. The first-order valence-corrected chi connectivity index (χ1v) is 13.1. The molecule has 0 aliphatic rings. The number of hydrogen-bond acceptors (Lipinski definition) is 5. The Labute approximate surface area is 209 Å². The van der Waals surface area contributed by atoms with Gasteiger partial charge in [0.2, 0.25) is 10.0 Å². The summed E-state index contributed by atoms with van der Waals surface area (Å²) < 4.78 is 65.0. The molecule has 0 aliphatic carbocycles. The lowest BCUT2D eigenvalue weighted by molar-refractivity contribution is 0.304. The molecule has 1 heterocycles. The predicted molar refractivity (Wildman–Crippen MR) is 135 cm³/mol. The van der Waals surface area contributed by atoms with Crippen molar-refractivity contribution in [1.29, 1.82) is 0 Å². The second-order valence-electron chi connectivity index (χ2n) is 8.48. The summed E-state index contributed by atoms with van der Waals surface area (Å²) in [7, 11) is -3.49. The van der Waals surface area contributed by atoms with Crippen LogP contribution in [0.15, 0.2) is 83.7 Å². The third-order valence-corrected chi connectivity index (χ3v) is 6.19. The van der Waals surface area contributed by atoms with Gasteiger partial charge in [0.1, 0.15) is 24.0 Å². The summed E-state index contributed by atoms with van der Waals surface area (Å²) in [6, 6.07) is 18.1. The smallest absolute Gasteiger partial charge is 0.229 e. The van der Waals surface area contributed by atoms with Gasteiger partial charge in [-0.3, -0.25) is 4.72 Å². The van der Waals surface area contributed by atoms with E-state index < -0.39 is 21.7 Å². The summed E-state index contributed by atoms with van der Waals surface area (Å²) in [5.74, 6) is -0.609. The minimum absolute atomic E-state index is 0.147. The molecule has 9 heteroatoms. The summed E-state index contributed by atoms with van der Waals surface area (Å²) in [6.07, 6.45) is 4.29. The second-order valence-corrected chi connectivity index (χ2v) is 10.2. The Bertz CT molecular complexity index is 1420. The minimum Gasteiger partial charge on any atom is -0.489 e. The molecule has 188 valence electrons. The minimum atomic E-state index is -3.49. The molecule has 1 aromatic heterocycles. The fourth-order valence-electron chi connectivity index (χ4n) is 3.81. The first-order chi connectivity index (χ1) is 17.2. The summed E-state index contributed by atoms with van der Waals surface area (Å²) in [5.41, 5.74) is 4.00. The fraction of sp³-hybridized carbons (Fsp3) is 0.185. The molecule has 0 saturated heterocycles. The van der Waals surface area contributed by atoms with E-state index in [1.807, 2.05) is 41.3 Å². The Morgan fingerprint density at radius 3 is 2.42 bits per heavy atom. The van der Waals surface area contributed by atoms with Crippen molar-refractivity contribution in [3.63, 3.8) is 0 Å². The van der Waals surface area contributed by atoms with Gasteiger partial charge < -0.3 is 14.1 Å². The summed E-state index contributed by atoms with van der Waals surface area (Å²) in [5, 5.41) is 0. The van der Waals surface area contributed by atoms with Gasteiger partial charge in [0.25, 0.3) is 0 Å². The van der Waals surface area contributed by atoms with E-state index in [4.69, 9.17) is 9.15 Å². The molecule has 0 amide bonds. The summed E-state index contributed by atoms with van der Waals surface area (Å²) >= 11 is 0. The molecule has 0 radical (unpaired) electrons. The third-order valence-electron chi connectivity index (χ3n) is 5.60. The molecular weight excluding hydrogens is 486 g/mol. The van der Waals surface area contributed by atoms with Crippen LogP contribution in [-0.4, -0.2) is 14.7 Å². The van der Waals surface area contributed by atoms with Crippen molar-refractivity contribution in [3.05, 3.63) is 113 Å². The molecule has 0 fully saturated rings. The zero-order valence-corrected chi connectivity index (χ0v) is 20.7. The van der Waals surface area contributed by atoms with Gasteiger partial charge in [-0.1, -0.05) is 24.3 Å². The van der Waals surface area contributed by atoms with E-state index >= 15 is 0 Å². The van der Waals surface area contributed by atoms with Crippen LogP contribution in [0.1, 0.15) is 22.3 Å². The fourth-order valence-corrected chi connectivity index (χ4v) is 4.43.